The highest BCUT2D eigenvalue weighted by Crippen LogP contribution is 2.15. The number of esters is 3. The summed E-state index contributed by atoms with van der Waals surface area (Å²) in [6.07, 6.45) is 91.6. The first kappa shape index (κ1) is 72.3. The molecule has 0 radical (unpaired) electrons. The van der Waals surface area contributed by atoms with Gasteiger partial charge in [-0.15, -0.1) is 0 Å². The van der Waals surface area contributed by atoms with Crippen molar-refractivity contribution in [2.24, 2.45) is 0 Å². The molecule has 434 valence electrons. The molecule has 0 aromatic carbocycles. The molecule has 0 saturated carbocycles. The third-order valence-corrected chi connectivity index (χ3v) is 12.8. The monoisotopic (exact) mass is 1060 g/mol. The van der Waals surface area contributed by atoms with Crippen LogP contribution in [0.3, 0.4) is 0 Å². The molecule has 6 nitrogen and oxygen atoms in total. The smallest absolute Gasteiger partial charge is 0.309 e. The fraction of sp³-hybridized carbons (Fsp3) is 0.620. The van der Waals surface area contributed by atoms with Crippen molar-refractivity contribution in [3.63, 3.8) is 0 Å². The number of carbonyl (C=O) groups is 3. The maximum Gasteiger partial charge on any atom is 0.309 e. The Hall–Kier alpha value is -4.71. The highest BCUT2D eigenvalue weighted by molar-refractivity contribution is 5.72. The van der Waals surface area contributed by atoms with Crippen LogP contribution in [0.5, 0.6) is 0 Å². The predicted molar refractivity (Wildman–Crippen MR) is 334 cm³/mol. The Kier molecular flexibility index (Phi) is 59.9. The van der Waals surface area contributed by atoms with Crippen LogP contribution in [-0.2, 0) is 28.6 Å². The van der Waals surface area contributed by atoms with Crippen molar-refractivity contribution in [1.82, 2.24) is 0 Å². The maximum atomic E-state index is 12.9. The predicted octanol–water partition coefficient (Wildman–Crippen LogP) is 21.5. The summed E-state index contributed by atoms with van der Waals surface area (Å²) in [6, 6.07) is 0. The molecule has 0 aliphatic carbocycles. The molecule has 0 heterocycles. The molecule has 0 fully saturated rings. The van der Waals surface area contributed by atoms with Crippen molar-refractivity contribution in [2.45, 2.75) is 271 Å². The lowest BCUT2D eigenvalue weighted by Gasteiger charge is -2.18. The van der Waals surface area contributed by atoms with E-state index >= 15 is 0 Å². The average molecular weight is 1060 g/mol. The number of carbonyl (C=O) groups excluding carboxylic acids is 3. The van der Waals surface area contributed by atoms with Crippen LogP contribution in [0.2, 0.25) is 0 Å². The Morgan fingerprint density at radius 1 is 0.286 bits per heavy atom. The van der Waals surface area contributed by atoms with E-state index in [0.29, 0.717) is 12.8 Å². The zero-order valence-electron chi connectivity index (χ0n) is 49.7. The number of hydrogen-bond donors (Lipinski definition) is 0. The van der Waals surface area contributed by atoms with Gasteiger partial charge in [-0.1, -0.05) is 269 Å². The second-order valence-corrected chi connectivity index (χ2v) is 20.2. The molecule has 0 aromatic heterocycles. The van der Waals surface area contributed by atoms with E-state index in [1.807, 2.05) is 6.08 Å². The van der Waals surface area contributed by atoms with E-state index in [1.165, 1.54) is 103 Å². The molecule has 0 aliphatic rings. The molecule has 0 bridgehead atoms. The quantitative estimate of drug-likeness (QED) is 0.0261. The SMILES string of the molecule is CC/C=C\C/C=C\C/C=C\C/C=C\C/C=C\C/C=C\CCCCCCC(=O)OCC(COC(=O)C/C=C\C/C=C\C/C=C\C/C=C\C/C=C\CC)OC(=O)CCCCCCCCCCC/C=C\CCCCCCCCCC. The molecule has 0 aliphatic heterocycles. The summed E-state index contributed by atoms with van der Waals surface area (Å²) in [7, 11) is 0. The van der Waals surface area contributed by atoms with Crippen molar-refractivity contribution >= 4 is 17.9 Å². The first-order chi connectivity index (χ1) is 38.0. The molecule has 0 amide bonds. The molecule has 0 N–H and O–H groups in total. The van der Waals surface area contributed by atoms with Crippen LogP contribution < -0.4 is 0 Å². The van der Waals surface area contributed by atoms with Gasteiger partial charge in [0, 0.05) is 12.8 Å². The van der Waals surface area contributed by atoms with E-state index in [0.717, 1.165) is 122 Å². The normalized spacial score (nSPS) is 13.1. The van der Waals surface area contributed by atoms with Crippen LogP contribution in [0, 0.1) is 0 Å². The minimum atomic E-state index is -0.837. The average Bonchev–Trinajstić information content (AvgIpc) is 3.43. The van der Waals surface area contributed by atoms with Crippen molar-refractivity contribution < 1.29 is 28.6 Å². The van der Waals surface area contributed by atoms with Crippen molar-refractivity contribution in [1.29, 1.82) is 0 Å². The Labute approximate surface area is 474 Å². The largest absolute Gasteiger partial charge is 0.462 e. The Balaban J connectivity index is 4.52. The standard InChI is InChI=1S/C71H114O6/c1-4-7-10-13-16-19-22-25-28-30-32-34-35-37-38-40-43-46-49-52-55-58-61-64-70(73)76-67-68(66-75-69(72)63-60-57-54-51-48-45-42-27-24-21-18-15-12-9-6-3)77-71(74)65-62-59-56-53-50-47-44-41-39-36-33-31-29-26-23-20-17-14-11-8-5-2/h7,9-10,12,16,18-19,21,25,27-28,31-34,37-38,42-43,46,48,51,57,60,68H,4-6,8,11,13-15,17,20,22-24,26,29-30,35-36,39-41,44-45,47,49-50,52-56,58-59,61-67H2,1-3H3/b10-7-,12-9-,19-16-,21-18-,28-25-,33-31-,34-32-,38-37-,42-27-,46-43-,51-48-,60-57-. The van der Waals surface area contributed by atoms with Gasteiger partial charge in [0.25, 0.3) is 0 Å². The minimum Gasteiger partial charge on any atom is -0.462 e. The number of ether oxygens (including phenoxy) is 3. The van der Waals surface area contributed by atoms with Crippen LogP contribution >= 0.6 is 0 Å². The van der Waals surface area contributed by atoms with E-state index in [9.17, 15) is 14.4 Å². The van der Waals surface area contributed by atoms with Gasteiger partial charge < -0.3 is 14.2 Å². The summed E-state index contributed by atoms with van der Waals surface area (Å²) < 4.78 is 16.8. The molecule has 1 unspecified atom stereocenters. The Morgan fingerprint density at radius 3 is 0.922 bits per heavy atom. The number of rotatable bonds is 55. The molecule has 0 spiro atoms. The first-order valence-electron chi connectivity index (χ1n) is 31.3. The third kappa shape index (κ3) is 62.0. The summed E-state index contributed by atoms with van der Waals surface area (Å²) >= 11 is 0. The lowest BCUT2D eigenvalue weighted by Crippen LogP contribution is -2.30. The number of unbranched alkanes of at least 4 members (excludes halogenated alkanes) is 21. The molecule has 6 heteroatoms. The number of hydrogen-bond acceptors (Lipinski definition) is 6. The van der Waals surface area contributed by atoms with Crippen LogP contribution in [0.25, 0.3) is 0 Å². The second-order valence-electron chi connectivity index (χ2n) is 20.2. The maximum absolute atomic E-state index is 12.9. The highest BCUT2D eigenvalue weighted by Gasteiger charge is 2.19. The van der Waals surface area contributed by atoms with E-state index in [1.54, 1.807) is 6.08 Å². The zero-order chi connectivity index (χ0) is 55.7. The van der Waals surface area contributed by atoms with E-state index < -0.39 is 12.1 Å². The molecule has 0 saturated heterocycles. The van der Waals surface area contributed by atoms with Gasteiger partial charge in [0.05, 0.1) is 6.42 Å². The van der Waals surface area contributed by atoms with Crippen LogP contribution in [0.1, 0.15) is 265 Å². The van der Waals surface area contributed by atoms with Crippen molar-refractivity contribution in [3.8, 4) is 0 Å². The minimum absolute atomic E-state index is 0.116. The lowest BCUT2D eigenvalue weighted by atomic mass is 10.1. The van der Waals surface area contributed by atoms with E-state index in [4.69, 9.17) is 14.2 Å². The van der Waals surface area contributed by atoms with Crippen LogP contribution in [-0.4, -0.2) is 37.2 Å². The van der Waals surface area contributed by atoms with E-state index in [2.05, 4.69) is 154 Å². The fourth-order valence-electron chi connectivity index (χ4n) is 8.22. The molecule has 0 aromatic rings. The van der Waals surface area contributed by atoms with Gasteiger partial charge in [0.15, 0.2) is 6.10 Å². The molecule has 77 heavy (non-hydrogen) atoms. The van der Waals surface area contributed by atoms with Crippen molar-refractivity contribution in [3.05, 3.63) is 146 Å². The summed E-state index contributed by atoms with van der Waals surface area (Å²) in [5.74, 6) is -1.09. The number of allylic oxidation sites excluding steroid dienone is 23. The highest BCUT2D eigenvalue weighted by atomic mass is 16.6. The third-order valence-electron chi connectivity index (χ3n) is 12.8. The molecule has 1 atom stereocenters. The van der Waals surface area contributed by atoms with Gasteiger partial charge in [-0.2, -0.15) is 0 Å². The van der Waals surface area contributed by atoms with Crippen LogP contribution in [0.4, 0.5) is 0 Å². The van der Waals surface area contributed by atoms with Gasteiger partial charge in [-0.25, -0.2) is 0 Å². The molecular weight excluding hydrogens is 949 g/mol. The van der Waals surface area contributed by atoms with Crippen LogP contribution in [0.15, 0.2) is 146 Å². The molecular formula is C71H114O6. The molecule has 0 rings (SSSR count). The Morgan fingerprint density at radius 2 is 0.558 bits per heavy atom. The zero-order valence-corrected chi connectivity index (χ0v) is 49.7. The van der Waals surface area contributed by atoms with Gasteiger partial charge in [-0.05, 0) is 122 Å². The lowest BCUT2D eigenvalue weighted by molar-refractivity contribution is -0.166. The summed E-state index contributed by atoms with van der Waals surface area (Å²) in [5, 5.41) is 0. The topological polar surface area (TPSA) is 78.9 Å². The van der Waals surface area contributed by atoms with Gasteiger partial charge in [0.1, 0.15) is 13.2 Å². The van der Waals surface area contributed by atoms with Gasteiger partial charge >= 0.3 is 17.9 Å². The Bertz CT molecular complexity index is 1700. The van der Waals surface area contributed by atoms with Gasteiger partial charge in [0.2, 0.25) is 0 Å². The first-order valence-corrected chi connectivity index (χ1v) is 31.3. The van der Waals surface area contributed by atoms with E-state index in [-0.39, 0.29) is 31.6 Å². The summed E-state index contributed by atoms with van der Waals surface area (Å²) in [6.45, 7) is 6.30. The second kappa shape index (κ2) is 63.8. The fourth-order valence-corrected chi connectivity index (χ4v) is 8.22. The summed E-state index contributed by atoms with van der Waals surface area (Å²) in [5.41, 5.74) is 0. The van der Waals surface area contributed by atoms with Crippen molar-refractivity contribution in [2.75, 3.05) is 13.2 Å². The summed E-state index contributed by atoms with van der Waals surface area (Å²) in [4.78, 5) is 38.2. The van der Waals surface area contributed by atoms with Gasteiger partial charge in [-0.3, -0.25) is 14.4 Å².